The van der Waals surface area contributed by atoms with Crippen LogP contribution in [-0.2, 0) is 0 Å². The molecule has 82 valence electrons. The summed E-state index contributed by atoms with van der Waals surface area (Å²) in [7, 11) is 0. The summed E-state index contributed by atoms with van der Waals surface area (Å²) in [5.41, 5.74) is 0. The van der Waals surface area contributed by atoms with Crippen LogP contribution in [-0.4, -0.2) is 46.5 Å². The molecule has 1 saturated carbocycles. The molecule has 0 spiro atoms. The van der Waals surface area contributed by atoms with E-state index in [2.05, 4.69) is 4.90 Å². The lowest BCUT2D eigenvalue weighted by molar-refractivity contribution is 0.0930. The number of hydrogen-bond acceptors (Lipinski definition) is 3. The Morgan fingerprint density at radius 3 is 2.50 bits per heavy atom. The lowest BCUT2D eigenvalue weighted by Crippen LogP contribution is -2.42. The maximum Gasteiger partial charge on any atom is 0.0683 e. The zero-order chi connectivity index (χ0) is 9.97. The van der Waals surface area contributed by atoms with Gasteiger partial charge in [-0.15, -0.1) is 0 Å². The van der Waals surface area contributed by atoms with Crippen molar-refractivity contribution >= 4 is 0 Å². The van der Waals surface area contributed by atoms with Crippen LogP contribution in [0.1, 0.15) is 38.5 Å². The Morgan fingerprint density at radius 1 is 1.14 bits per heavy atom. The van der Waals surface area contributed by atoms with E-state index >= 15 is 0 Å². The quantitative estimate of drug-likeness (QED) is 0.689. The van der Waals surface area contributed by atoms with Gasteiger partial charge in [0, 0.05) is 18.6 Å². The summed E-state index contributed by atoms with van der Waals surface area (Å²) in [5.74, 6) is 0. The minimum Gasteiger partial charge on any atom is -0.395 e. The first-order valence-electron chi connectivity index (χ1n) is 5.86. The van der Waals surface area contributed by atoms with Crippen LogP contribution >= 0.6 is 0 Å². The van der Waals surface area contributed by atoms with Crippen molar-refractivity contribution in [3.63, 3.8) is 0 Å². The molecule has 2 rings (SSSR count). The number of aliphatic hydroxyl groups excluding tert-OH is 2. The van der Waals surface area contributed by atoms with E-state index in [-0.39, 0.29) is 18.8 Å². The fourth-order valence-corrected chi connectivity index (χ4v) is 2.96. The molecule has 2 aliphatic rings. The fourth-order valence-electron chi connectivity index (χ4n) is 2.96. The minimum absolute atomic E-state index is 0.202. The van der Waals surface area contributed by atoms with Crippen molar-refractivity contribution in [2.45, 2.75) is 56.7 Å². The highest BCUT2D eigenvalue weighted by Gasteiger charge is 2.35. The van der Waals surface area contributed by atoms with E-state index in [1.165, 1.54) is 32.1 Å². The van der Waals surface area contributed by atoms with Gasteiger partial charge in [0.2, 0.25) is 0 Å². The van der Waals surface area contributed by atoms with Crippen LogP contribution in [0.4, 0.5) is 0 Å². The number of aliphatic hydroxyl groups is 2. The molecule has 0 aromatic heterocycles. The van der Waals surface area contributed by atoms with Gasteiger partial charge in [-0.1, -0.05) is 19.3 Å². The van der Waals surface area contributed by atoms with Crippen molar-refractivity contribution < 1.29 is 10.2 Å². The highest BCUT2D eigenvalue weighted by molar-refractivity contribution is 4.90. The van der Waals surface area contributed by atoms with Crippen molar-refractivity contribution in [1.29, 1.82) is 0 Å². The van der Waals surface area contributed by atoms with Gasteiger partial charge in [-0.2, -0.15) is 0 Å². The van der Waals surface area contributed by atoms with Crippen molar-refractivity contribution in [2.75, 3.05) is 13.2 Å². The Labute approximate surface area is 85.7 Å². The number of rotatable bonds is 2. The number of likely N-dealkylation sites (tertiary alicyclic amines) is 1. The van der Waals surface area contributed by atoms with Crippen molar-refractivity contribution in [1.82, 2.24) is 4.90 Å². The normalized spacial score (nSPS) is 36.4. The zero-order valence-corrected chi connectivity index (χ0v) is 8.73. The Morgan fingerprint density at radius 2 is 1.86 bits per heavy atom. The summed E-state index contributed by atoms with van der Waals surface area (Å²) < 4.78 is 0. The second-order valence-electron chi connectivity index (χ2n) is 4.71. The van der Waals surface area contributed by atoms with Gasteiger partial charge in [-0.05, 0) is 19.3 Å². The van der Waals surface area contributed by atoms with Crippen LogP contribution in [0.3, 0.4) is 0 Å². The zero-order valence-electron chi connectivity index (χ0n) is 8.73. The molecule has 3 nitrogen and oxygen atoms in total. The molecule has 0 radical (unpaired) electrons. The molecule has 2 atom stereocenters. The smallest absolute Gasteiger partial charge is 0.0683 e. The molecule has 0 aromatic rings. The van der Waals surface area contributed by atoms with Gasteiger partial charge in [0.25, 0.3) is 0 Å². The van der Waals surface area contributed by atoms with Gasteiger partial charge in [-0.3, -0.25) is 4.90 Å². The average Bonchev–Trinajstić information content (AvgIpc) is 2.61. The van der Waals surface area contributed by atoms with Gasteiger partial charge in [0.15, 0.2) is 0 Å². The molecule has 2 fully saturated rings. The van der Waals surface area contributed by atoms with Crippen molar-refractivity contribution in [3.05, 3.63) is 0 Å². The molecule has 1 heterocycles. The molecule has 3 heteroatoms. The standard InChI is InChI=1S/C11H21NO2/c13-8-10-6-11(14)7-12(10)9-4-2-1-3-5-9/h9-11,13-14H,1-8H2. The van der Waals surface area contributed by atoms with Crippen molar-refractivity contribution in [2.24, 2.45) is 0 Å². The van der Waals surface area contributed by atoms with E-state index in [9.17, 15) is 10.2 Å². The van der Waals surface area contributed by atoms with Crippen LogP contribution in [0, 0.1) is 0 Å². The average molecular weight is 199 g/mol. The van der Waals surface area contributed by atoms with E-state index in [1.807, 2.05) is 0 Å². The van der Waals surface area contributed by atoms with Crippen LogP contribution in [0.15, 0.2) is 0 Å². The molecular weight excluding hydrogens is 178 g/mol. The van der Waals surface area contributed by atoms with E-state index in [0.29, 0.717) is 6.04 Å². The van der Waals surface area contributed by atoms with Crippen LogP contribution < -0.4 is 0 Å². The van der Waals surface area contributed by atoms with E-state index in [1.54, 1.807) is 0 Å². The van der Waals surface area contributed by atoms with E-state index in [0.717, 1.165) is 13.0 Å². The van der Waals surface area contributed by atoms with Gasteiger partial charge in [-0.25, -0.2) is 0 Å². The molecule has 0 amide bonds. The predicted molar refractivity (Wildman–Crippen MR) is 55.1 cm³/mol. The molecule has 1 aliphatic carbocycles. The van der Waals surface area contributed by atoms with Crippen LogP contribution in [0.2, 0.25) is 0 Å². The molecule has 0 bridgehead atoms. The maximum atomic E-state index is 9.58. The SMILES string of the molecule is OCC1CC(O)CN1C1CCCCC1. The Kier molecular flexibility index (Phi) is 3.42. The third-order valence-electron chi connectivity index (χ3n) is 3.69. The van der Waals surface area contributed by atoms with E-state index < -0.39 is 0 Å². The second kappa shape index (κ2) is 4.60. The molecule has 0 aromatic carbocycles. The van der Waals surface area contributed by atoms with Crippen LogP contribution in [0.25, 0.3) is 0 Å². The first kappa shape index (κ1) is 10.4. The predicted octanol–water partition coefficient (Wildman–Crippen LogP) is 0.747. The molecule has 14 heavy (non-hydrogen) atoms. The maximum absolute atomic E-state index is 9.58. The lowest BCUT2D eigenvalue weighted by atomic mass is 9.94. The van der Waals surface area contributed by atoms with Crippen LogP contribution in [0.5, 0.6) is 0 Å². The monoisotopic (exact) mass is 199 g/mol. The fraction of sp³-hybridized carbons (Fsp3) is 1.00. The number of hydrogen-bond donors (Lipinski definition) is 2. The van der Waals surface area contributed by atoms with E-state index in [4.69, 9.17) is 0 Å². The highest BCUT2D eigenvalue weighted by atomic mass is 16.3. The Bertz CT molecular complexity index is 180. The van der Waals surface area contributed by atoms with Gasteiger partial charge in [0.05, 0.1) is 12.7 Å². The molecule has 1 aliphatic heterocycles. The molecular formula is C11H21NO2. The molecule has 2 N–H and O–H groups in total. The summed E-state index contributed by atoms with van der Waals surface area (Å²) >= 11 is 0. The number of nitrogens with zero attached hydrogens (tertiary/aromatic N) is 1. The largest absolute Gasteiger partial charge is 0.395 e. The summed E-state index contributed by atoms with van der Waals surface area (Å²) in [6, 6.07) is 0.839. The first-order chi connectivity index (χ1) is 6.81. The minimum atomic E-state index is -0.214. The summed E-state index contributed by atoms with van der Waals surface area (Å²) in [6.45, 7) is 0.976. The lowest BCUT2D eigenvalue weighted by Gasteiger charge is -2.34. The highest BCUT2D eigenvalue weighted by Crippen LogP contribution is 2.28. The van der Waals surface area contributed by atoms with Gasteiger partial charge < -0.3 is 10.2 Å². The summed E-state index contributed by atoms with van der Waals surface area (Å²) in [4.78, 5) is 2.34. The van der Waals surface area contributed by atoms with Crippen molar-refractivity contribution in [3.8, 4) is 0 Å². The Balaban J connectivity index is 1.94. The topological polar surface area (TPSA) is 43.7 Å². The second-order valence-corrected chi connectivity index (χ2v) is 4.71. The molecule has 1 saturated heterocycles. The molecule has 2 unspecified atom stereocenters. The number of β-amino-alcohol motifs (C(OH)–C–C–N with tert-alkyl or cyclic N) is 1. The first-order valence-corrected chi connectivity index (χ1v) is 5.86. The van der Waals surface area contributed by atoms with Gasteiger partial charge >= 0.3 is 0 Å². The summed E-state index contributed by atoms with van der Waals surface area (Å²) in [6.07, 6.45) is 7.04. The third kappa shape index (κ3) is 2.10. The third-order valence-corrected chi connectivity index (χ3v) is 3.69. The summed E-state index contributed by atoms with van der Waals surface area (Å²) in [5, 5.41) is 18.8. The Hall–Kier alpha value is -0.120. The van der Waals surface area contributed by atoms with Gasteiger partial charge in [0.1, 0.15) is 0 Å².